The Morgan fingerprint density at radius 3 is 2.72 bits per heavy atom. The van der Waals surface area contributed by atoms with Gasteiger partial charge in [0.05, 0.1) is 18.0 Å². The largest absolute Gasteiger partial charge is 0.389 e. The summed E-state index contributed by atoms with van der Waals surface area (Å²) in [6, 6.07) is 5.37. The van der Waals surface area contributed by atoms with E-state index in [0.29, 0.717) is 11.0 Å². The monoisotopic (exact) mass is 414 g/mol. The molecule has 2 aromatic rings. The lowest BCUT2D eigenvalue weighted by Crippen LogP contribution is -2.40. The van der Waals surface area contributed by atoms with E-state index in [1.54, 1.807) is 12.1 Å². The number of benzene rings is 1. The van der Waals surface area contributed by atoms with Crippen molar-refractivity contribution >= 4 is 29.3 Å². The van der Waals surface area contributed by atoms with Crippen molar-refractivity contribution in [2.45, 2.75) is 38.8 Å². The highest BCUT2D eigenvalue weighted by Crippen LogP contribution is 2.23. The van der Waals surface area contributed by atoms with Gasteiger partial charge in [0.1, 0.15) is 5.52 Å². The Bertz CT molecular complexity index is 849. The molecule has 0 aliphatic rings. The summed E-state index contributed by atoms with van der Waals surface area (Å²) in [6.07, 6.45) is -5.15. The Morgan fingerprint density at radius 1 is 1.28 bits per heavy atom. The van der Waals surface area contributed by atoms with E-state index in [1.807, 2.05) is 13.0 Å². The molecule has 1 aromatic heterocycles. The molecule has 0 fully saturated rings. The van der Waals surface area contributed by atoms with Crippen molar-refractivity contribution in [1.82, 2.24) is 25.7 Å². The number of unbranched alkanes of at least 4 members (excludes halogenated alkanes) is 1. The minimum atomic E-state index is -4.27. The standard InChI is InChI=1S/C17H21F3N6O3/c1-11-5-6-13-14(8-11)22-24-16(21-13)25-23-15(28)12(9-26(29)10-27)4-2-3-7-17(18,19)20/h5-6,8,10,12,29H,2-4,7,9H2,1H3,(H,23,28)(H,21,24,25)/t12-/m0/s1. The highest BCUT2D eigenvalue weighted by molar-refractivity contribution is 5.80. The number of rotatable bonds is 10. The van der Waals surface area contributed by atoms with E-state index < -0.39 is 24.4 Å². The van der Waals surface area contributed by atoms with Crippen LogP contribution in [0.4, 0.5) is 19.1 Å². The van der Waals surface area contributed by atoms with E-state index in [0.717, 1.165) is 5.56 Å². The quantitative estimate of drug-likeness (QED) is 0.236. The Hall–Kier alpha value is -3.02. The van der Waals surface area contributed by atoms with Crippen LogP contribution in [0.15, 0.2) is 18.2 Å². The predicted octanol–water partition coefficient (Wildman–Crippen LogP) is 2.36. The van der Waals surface area contributed by atoms with Crippen molar-refractivity contribution in [3.05, 3.63) is 23.8 Å². The third-order valence-electron chi connectivity index (χ3n) is 4.07. The van der Waals surface area contributed by atoms with Crippen molar-refractivity contribution in [3.8, 4) is 0 Å². The first-order valence-corrected chi connectivity index (χ1v) is 8.82. The van der Waals surface area contributed by atoms with Crippen LogP contribution in [0.1, 0.15) is 31.2 Å². The number of fused-ring (bicyclic) bond motifs is 1. The molecule has 0 saturated carbocycles. The normalized spacial score (nSPS) is 12.4. The van der Waals surface area contributed by atoms with Crippen LogP contribution in [-0.4, -0.2) is 50.5 Å². The Balaban J connectivity index is 1.95. The average Bonchev–Trinajstić information content (AvgIpc) is 2.67. The Labute approximate surface area is 164 Å². The molecule has 1 aromatic carbocycles. The van der Waals surface area contributed by atoms with Crippen LogP contribution in [0.25, 0.3) is 11.0 Å². The van der Waals surface area contributed by atoms with E-state index in [1.165, 1.54) is 0 Å². The molecule has 0 bridgehead atoms. The topological polar surface area (TPSA) is 120 Å². The summed E-state index contributed by atoms with van der Waals surface area (Å²) >= 11 is 0. The molecule has 29 heavy (non-hydrogen) atoms. The van der Waals surface area contributed by atoms with Gasteiger partial charge < -0.3 is 0 Å². The number of amides is 2. The maximum Gasteiger partial charge on any atom is 0.389 e. The third-order valence-corrected chi connectivity index (χ3v) is 4.07. The van der Waals surface area contributed by atoms with E-state index >= 15 is 0 Å². The summed E-state index contributed by atoms with van der Waals surface area (Å²) in [6.45, 7) is 1.53. The van der Waals surface area contributed by atoms with Gasteiger partial charge in [0.25, 0.3) is 5.95 Å². The van der Waals surface area contributed by atoms with Crippen LogP contribution in [0.2, 0.25) is 0 Å². The number of aromatic nitrogens is 3. The second kappa shape index (κ2) is 9.96. The van der Waals surface area contributed by atoms with Crippen molar-refractivity contribution in [2.24, 2.45) is 5.92 Å². The average molecular weight is 414 g/mol. The Morgan fingerprint density at radius 2 is 2.03 bits per heavy atom. The molecular formula is C17H21F3N6O3. The van der Waals surface area contributed by atoms with Gasteiger partial charge in [0.2, 0.25) is 12.3 Å². The number of hydroxylamine groups is 2. The summed E-state index contributed by atoms with van der Waals surface area (Å²) in [5.41, 5.74) is 6.93. The van der Waals surface area contributed by atoms with Crippen molar-refractivity contribution in [3.63, 3.8) is 0 Å². The lowest BCUT2D eigenvalue weighted by atomic mass is 10.00. The number of hydrazine groups is 1. The molecule has 158 valence electrons. The molecular weight excluding hydrogens is 393 g/mol. The van der Waals surface area contributed by atoms with Crippen molar-refractivity contribution in [2.75, 3.05) is 12.0 Å². The maximum atomic E-state index is 12.3. The second-order valence-electron chi connectivity index (χ2n) is 6.53. The molecule has 2 amide bonds. The maximum absolute atomic E-state index is 12.3. The molecule has 12 heteroatoms. The fourth-order valence-electron chi connectivity index (χ4n) is 2.61. The fourth-order valence-corrected chi connectivity index (χ4v) is 2.61. The predicted molar refractivity (Wildman–Crippen MR) is 96.4 cm³/mol. The SMILES string of the molecule is Cc1ccc2nc(NNC(=O)[C@@H](CCCCC(F)(F)F)CN(O)C=O)nnc2c1. The zero-order valence-electron chi connectivity index (χ0n) is 15.6. The van der Waals surface area contributed by atoms with E-state index in [4.69, 9.17) is 0 Å². The number of nitrogens with zero attached hydrogens (tertiary/aromatic N) is 4. The van der Waals surface area contributed by atoms with Crippen molar-refractivity contribution in [1.29, 1.82) is 0 Å². The first-order valence-electron chi connectivity index (χ1n) is 8.82. The highest BCUT2D eigenvalue weighted by Gasteiger charge is 2.27. The summed E-state index contributed by atoms with van der Waals surface area (Å²) in [5, 5.41) is 17.4. The van der Waals surface area contributed by atoms with E-state index in [-0.39, 0.29) is 43.2 Å². The summed E-state index contributed by atoms with van der Waals surface area (Å²) < 4.78 is 36.7. The number of carbonyl (C=O) groups is 2. The summed E-state index contributed by atoms with van der Waals surface area (Å²) in [5.74, 6) is -1.55. The lowest BCUT2D eigenvalue weighted by molar-refractivity contribution is -0.154. The van der Waals surface area contributed by atoms with Crippen LogP contribution >= 0.6 is 0 Å². The van der Waals surface area contributed by atoms with Gasteiger partial charge in [0.15, 0.2) is 0 Å². The van der Waals surface area contributed by atoms with Gasteiger partial charge in [0, 0.05) is 6.42 Å². The van der Waals surface area contributed by atoms with Crippen LogP contribution in [0.3, 0.4) is 0 Å². The van der Waals surface area contributed by atoms with Gasteiger partial charge in [-0.1, -0.05) is 12.5 Å². The number of nitrogens with one attached hydrogen (secondary N) is 2. The smallest absolute Gasteiger partial charge is 0.286 e. The zero-order chi connectivity index (χ0) is 21.4. The minimum Gasteiger partial charge on any atom is -0.286 e. The van der Waals surface area contributed by atoms with E-state index in [9.17, 15) is 28.0 Å². The molecule has 1 atom stereocenters. The lowest BCUT2D eigenvalue weighted by Gasteiger charge is -2.19. The third kappa shape index (κ3) is 7.49. The van der Waals surface area contributed by atoms with Crippen molar-refractivity contribution < 1.29 is 28.0 Å². The number of halogens is 3. The first kappa shape index (κ1) is 22.3. The molecule has 0 unspecified atom stereocenters. The van der Waals surface area contributed by atoms with Gasteiger partial charge in [-0.05, 0) is 37.5 Å². The number of alkyl halides is 3. The van der Waals surface area contributed by atoms with Gasteiger partial charge in [-0.2, -0.15) is 13.2 Å². The second-order valence-corrected chi connectivity index (χ2v) is 6.53. The first-order chi connectivity index (χ1) is 13.7. The Kier molecular flexibility index (Phi) is 7.65. The number of carbonyl (C=O) groups excluding carboxylic acids is 2. The highest BCUT2D eigenvalue weighted by atomic mass is 19.4. The molecule has 9 nitrogen and oxygen atoms in total. The van der Waals surface area contributed by atoms with Gasteiger partial charge >= 0.3 is 6.18 Å². The molecule has 0 spiro atoms. The minimum absolute atomic E-state index is 0.0155. The summed E-state index contributed by atoms with van der Waals surface area (Å²) in [7, 11) is 0. The molecule has 2 rings (SSSR count). The zero-order valence-corrected chi connectivity index (χ0v) is 15.6. The molecule has 0 aliphatic carbocycles. The number of aryl methyl sites for hydroxylation is 1. The molecule has 3 N–H and O–H groups in total. The van der Waals surface area contributed by atoms with Crippen LogP contribution in [0.5, 0.6) is 0 Å². The van der Waals surface area contributed by atoms with Gasteiger partial charge in [-0.25, -0.2) is 10.0 Å². The van der Waals surface area contributed by atoms with Gasteiger partial charge in [-0.3, -0.25) is 25.6 Å². The molecule has 0 radical (unpaired) electrons. The number of hydrogen-bond acceptors (Lipinski definition) is 7. The number of anilines is 1. The molecule has 0 aliphatic heterocycles. The number of hydrogen-bond donors (Lipinski definition) is 3. The fraction of sp³-hybridized carbons (Fsp3) is 0.471. The van der Waals surface area contributed by atoms with E-state index in [2.05, 4.69) is 26.0 Å². The van der Waals surface area contributed by atoms with Crippen LogP contribution in [-0.2, 0) is 9.59 Å². The molecule has 1 heterocycles. The van der Waals surface area contributed by atoms with Gasteiger partial charge in [-0.15, -0.1) is 10.2 Å². The van der Waals surface area contributed by atoms with Crippen LogP contribution < -0.4 is 10.9 Å². The molecule has 0 saturated heterocycles. The summed E-state index contributed by atoms with van der Waals surface area (Å²) in [4.78, 5) is 27.1. The van der Waals surface area contributed by atoms with Crippen LogP contribution in [0, 0.1) is 12.8 Å².